The van der Waals surface area contributed by atoms with E-state index in [9.17, 15) is 43.2 Å². The molecule has 0 aliphatic rings. The minimum Gasteiger partial charge on any atom is -0.462 e. The SMILES string of the molecule is CCCCCCCCCCCCCCCCCCCCCCCCC(=O)O[C@H](COC(=O)CCCCCCCCCCCCCCCCCCCCCC)COP(=O)(O)OC[C@@H](O)COP(=O)(O)OC[C@@H](COC(=O)CCCCCCCCCCCCC)OC(=O)CCCCCCCCCCCCCCCCC(C)CC. The fourth-order valence-corrected chi connectivity index (χ4v) is 16.1. The Labute approximate surface area is 683 Å². The molecule has 0 saturated carbocycles. The summed E-state index contributed by atoms with van der Waals surface area (Å²) in [7, 11) is -9.94. The van der Waals surface area contributed by atoms with Crippen LogP contribution < -0.4 is 0 Å². The Hall–Kier alpha value is -1.94. The summed E-state index contributed by atoms with van der Waals surface area (Å²) in [6.07, 6.45) is 80.6. The highest BCUT2D eigenvalue weighted by molar-refractivity contribution is 7.47. The van der Waals surface area contributed by atoms with Crippen molar-refractivity contribution in [3.63, 3.8) is 0 Å². The Morgan fingerprint density at radius 2 is 0.432 bits per heavy atom. The van der Waals surface area contributed by atoms with Crippen LogP contribution in [0.4, 0.5) is 0 Å². The number of phosphoric ester groups is 2. The maximum atomic E-state index is 13.2. The molecule has 0 aromatic rings. The molecule has 17 nitrogen and oxygen atoms in total. The zero-order valence-electron chi connectivity index (χ0n) is 73.1. The number of ether oxygens (including phenoxy) is 4. The molecule has 6 atom stereocenters. The molecule has 660 valence electrons. The van der Waals surface area contributed by atoms with Crippen LogP contribution in [0.2, 0.25) is 0 Å². The first-order valence-electron chi connectivity index (χ1n) is 47.7. The molecule has 0 radical (unpaired) electrons. The van der Waals surface area contributed by atoms with E-state index >= 15 is 0 Å². The second-order valence-corrected chi connectivity index (χ2v) is 36.2. The van der Waals surface area contributed by atoms with Gasteiger partial charge in [0, 0.05) is 25.7 Å². The van der Waals surface area contributed by atoms with E-state index in [1.807, 2.05) is 0 Å². The fourth-order valence-electron chi connectivity index (χ4n) is 14.5. The topological polar surface area (TPSA) is 237 Å². The molecule has 19 heteroatoms. The van der Waals surface area contributed by atoms with E-state index < -0.39 is 97.5 Å². The van der Waals surface area contributed by atoms with Crippen LogP contribution in [0.1, 0.15) is 503 Å². The smallest absolute Gasteiger partial charge is 0.462 e. The lowest BCUT2D eigenvalue weighted by molar-refractivity contribution is -0.161. The predicted molar refractivity (Wildman–Crippen MR) is 460 cm³/mol. The van der Waals surface area contributed by atoms with Crippen LogP contribution in [-0.2, 0) is 65.4 Å². The third-order valence-corrected chi connectivity index (χ3v) is 24.0. The van der Waals surface area contributed by atoms with Gasteiger partial charge in [-0.15, -0.1) is 0 Å². The molecule has 0 bridgehead atoms. The highest BCUT2D eigenvalue weighted by atomic mass is 31.2. The molecule has 0 saturated heterocycles. The van der Waals surface area contributed by atoms with E-state index in [2.05, 4.69) is 34.6 Å². The Morgan fingerprint density at radius 3 is 0.640 bits per heavy atom. The maximum Gasteiger partial charge on any atom is 0.472 e. The lowest BCUT2D eigenvalue weighted by atomic mass is 9.99. The quantitative estimate of drug-likeness (QED) is 0.0222. The summed E-state index contributed by atoms with van der Waals surface area (Å²) in [5.74, 6) is -1.25. The fraction of sp³-hybridized carbons (Fsp3) is 0.957. The number of aliphatic hydroxyl groups excluding tert-OH is 1. The van der Waals surface area contributed by atoms with Crippen molar-refractivity contribution < 1.29 is 80.2 Å². The first-order valence-corrected chi connectivity index (χ1v) is 50.7. The second kappa shape index (κ2) is 84.5. The lowest BCUT2D eigenvalue weighted by Crippen LogP contribution is -2.30. The van der Waals surface area contributed by atoms with Gasteiger partial charge in [0.1, 0.15) is 19.3 Å². The van der Waals surface area contributed by atoms with E-state index in [1.54, 1.807) is 0 Å². The van der Waals surface area contributed by atoms with Gasteiger partial charge < -0.3 is 33.8 Å². The molecule has 0 rings (SSSR count). The predicted octanol–water partition coefficient (Wildman–Crippen LogP) is 28.7. The van der Waals surface area contributed by atoms with Gasteiger partial charge in [-0.2, -0.15) is 0 Å². The van der Waals surface area contributed by atoms with Gasteiger partial charge in [-0.25, -0.2) is 9.13 Å². The van der Waals surface area contributed by atoms with Crippen molar-refractivity contribution in [1.82, 2.24) is 0 Å². The molecule has 3 unspecified atom stereocenters. The average Bonchev–Trinajstić information content (AvgIpc) is 0.897. The number of hydrogen-bond acceptors (Lipinski definition) is 15. The number of phosphoric acid groups is 2. The number of hydrogen-bond donors (Lipinski definition) is 3. The third-order valence-electron chi connectivity index (χ3n) is 22.1. The molecule has 0 heterocycles. The van der Waals surface area contributed by atoms with Gasteiger partial charge in [-0.3, -0.25) is 37.3 Å². The van der Waals surface area contributed by atoms with Crippen molar-refractivity contribution >= 4 is 39.5 Å². The molecule has 0 amide bonds. The van der Waals surface area contributed by atoms with Crippen LogP contribution in [0.15, 0.2) is 0 Å². The molecule has 3 N–H and O–H groups in total. The zero-order chi connectivity index (χ0) is 81.1. The number of carbonyl (C=O) groups excluding carboxylic acids is 4. The van der Waals surface area contributed by atoms with Crippen molar-refractivity contribution in [3.05, 3.63) is 0 Å². The molecular formula is C92H180O17P2. The molecule has 0 spiro atoms. The van der Waals surface area contributed by atoms with Crippen LogP contribution >= 0.6 is 15.6 Å². The van der Waals surface area contributed by atoms with Gasteiger partial charge in [0.15, 0.2) is 12.2 Å². The Kier molecular flexibility index (Phi) is 83.0. The summed E-state index contributed by atoms with van der Waals surface area (Å²) in [6.45, 7) is 7.45. The normalized spacial score (nSPS) is 13.9. The summed E-state index contributed by atoms with van der Waals surface area (Å²) in [5.41, 5.74) is 0. The number of esters is 4. The number of rotatable bonds is 92. The minimum atomic E-state index is -4.97. The summed E-state index contributed by atoms with van der Waals surface area (Å²) in [6, 6.07) is 0. The number of aliphatic hydroxyl groups is 1. The lowest BCUT2D eigenvalue weighted by Gasteiger charge is -2.21. The molecule has 0 aliphatic carbocycles. The highest BCUT2D eigenvalue weighted by Crippen LogP contribution is 2.45. The van der Waals surface area contributed by atoms with E-state index in [0.29, 0.717) is 25.7 Å². The molecular weight excluding hydrogens is 1440 g/mol. The van der Waals surface area contributed by atoms with Gasteiger partial charge in [-0.1, -0.05) is 452 Å². The zero-order valence-corrected chi connectivity index (χ0v) is 74.9. The van der Waals surface area contributed by atoms with E-state index in [0.717, 1.165) is 95.8 Å². The molecule has 0 fully saturated rings. The van der Waals surface area contributed by atoms with Gasteiger partial charge in [0.2, 0.25) is 0 Å². The summed E-state index contributed by atoms with van der Waals surface area (Å²) < 4.78 is 69.1. The van der Waals surface area contributed by atoms with Crippen molar-refractivity contribution in [1.29, 1.82) is 0 Å². The van der Waals surface area contributed by atoms with Crippen LogP contribution in [0.5, 0.6) is 0 Å². The monoisotopic (exact) mass is 1620 g/mol. The third kappa shape index (κ3) is 84.3. The summed E-state index contributed by atoms with van der Waals surface area (Å²) >= 11 is 0. The molecule has 0 aromatic heterocycles. The molecule has 111 heavy (non-hydrogen) atoms. The Balaban J connectivity index is 5.23. The minimum absolute atomic E-state index is 0.109. The average molecular weight is 1620 g/mol. The van der Waals surface area contributed by atoms with Crippen LogP contribution in [-0.4, -0.2) is 96.7 Å². The van der Waals surface area contributed by atoms with Crippen molar-refractivity contribution in [2.75, 3.05) is 39.6 Å². The first-order chi connectivity index (χ1) is 54.1. The summed E-state index contributed by atoms with van der Waals surface area (Å²) in [5, 5.41) is 10.7. The Bertz CT molecular complexity index is 2100. The largest absolute Gasteiger partial charge is 0.472 e. The first kappa shape index (κ1) is 109. The highest BCUT2D eigenvalue weighted by Gasteiger charge is 2.31. The van der Waals surface area contributed by atoms with Crippen molar-refractivity contribution in [2.24, 2.45) is 5.92 Å². The van der Waals surface area contributed by atoms with Crippen LogP contribution in [0.25, 0.3) is 0 Å². The van der Waals surface area contributed by atoms with Crippen LogP contribution in [0.3, 0.4) is 0 Å². The van der Waals surface area contributed by atoms with E-state index in [4.69, 9.17) is 37.0 Å². The number of unbranched alkanes of at least 4 members (excludes halogenated alkanes) is 63. The van der Waals surface area contributed by atoms with E-state index in [1.165, 1.54) is 327 Å². The second-order valence-electron chi connectivity index (χ2n) is 33.3. The van der Waals surface area contributed by atoms with Gasteiger partial charge in [0.05, 0.1) is 26.4 Å². The molecule has 0 aromatic carbocycles. The van der Waals surface area contributed by atoms with Crippen molar-refractivity contribution in [3.8, 4) is 0 Å². The summed E-state index contributed by atoms with van der Waals surface area (Å²) in [4.78, 5) is 73.4. The Morgan fingerprint density at radius 1 is 0.252 bits per heavy atom. The van der Waals surface area contributed by atoms with Gasteiger partial charge in [-0.05, 0) is 31.6 Å². The van der Waals surface area contributed by atoms with Gasteiger partial charge >= 0.3 is 39.5 Å². The van der Waals surface area contributed by atoms with Crippen molar-refractivity contribution in [2.45, 2.75) is 522 Å². The van der Waals surface area contributed by atoms with Gasteiger partial charge in [0.25, 0.3) is 0 Å². The maximum absolute atomic E-state index is 13.2. The standard InChI is InChI=1S/C92H180O17P2/c1-6-10-13-16-19-22-25-27-29-31-33-35-36-38-40-42-47-52-57-62-67-72-77-91(96)109-88(82-103-90(95)76-71-66-61-56-51-46-41-39-37-34-32-30-28-26-23-20-17-14-11-7-2)84-107-111(100,101)105-80-86(93)79-104-110(98,99)106-83-87(81-102-89(94)75-70-65-60-55-49-24-21-18-15-12-8-3)108-92(97)78-73-68-63-58-53-48-44-43-45-50-54-59-64-69-74-85(5)9-4/h85-88,93H,6-84H2,1-5H3,(H,98,99)(H,100,101)/t85?,86-,87+,88+/m0/s1. The van der Waals surface area contributed by atoms with Crippen LogP contribution in [0, 0.1) is 5.92 Å². The molecule has 0 aliphatic heterocycles. The number of carbonyl (C=O) groups is 4. The van der Waals surface area contributed by atoms with E-state index in [-0.39, 0.29) is 25.7 Å².